The molecule has 13 aromatic rings. The third kappa shape index (κ3) is 4.93. The Balaban J connectivity index is 0.979. The predicted molar refractivity (Wildman–Crippen MR) is 256 cm³/mol. The van der Waals surface area contributed by atoms with Crippen LogP contribution >= 0.6 is 34.0 Å². The molecule has 0 bridgehead atoms. The van der Waals surface area contributed by atoms with Crippen molar-refractivity contribution >= 4 is 116 Å². The van der Waals surface area contributed by atoms with Crippen molar-refractivity contribution in [3.05, 3.63) is 188 Å². The van der Waals surface area contributed by atoms with Gasteiger partial charge in [-0.1, -0.05) is 97.1 Å². The SMILES string of the molecule is c1ccc2c(c1)sc1ccc(-c3ccc(-n4c5ccc(-c6ccc7sc8ccccc8c7c6)cc5c5cc(-c6ccc7sc8ccccc8c7c6)ccc54)cc3)cc12. The summed E-state index contributed by atoms with van der Waals surface area (Å²) < 4.78 is 10.4. The van der Waals surface area contributed by atoms with E-state index in [4.69, 9.17) is 0 Å². The molecule has 0 unspecified atom stereocenters. The predicted octanol–water partition coefficient (Wildman–Crippen LogP) is 16.9. The second-order valence-electron chi connectivity index (χ2n) is 15.3. The number of aromatic nitrogens is 1. The van der Waals surface area contributed by atoms with Crippen LogP contribution in [0.4, 0.5) is 0 Å². The van der Waals surface area contributed by atoms with Crippen LogP contribution < -0.4 is 0 Å². The highest BCUT2D eigenvalue weighted by Crippen LogP contribution is 2.42. The first-order chi connectivity index (χ1) is 28.7. The van der Waals surface area contributed by atoms with Gasteiger partial charge in [0.2, 0.25) is 0 Å². The highest BCUT2D eigenvalue weighted by molar-refractivity contribution is 7.26. The molecule has 0 saturated heterocycles. The van der Waals surface area contributed by atoms with Crippen LogP contribution in [0.15, 0.2) is 188 Å². The summed E-state index contributed by atoms with van der Waals surface area (Å²) in [5.41, 5.74) is 11.0. The Hall–Kier alpha value is -6.56. The van der Waals surface area contributed by atoms with E-state index in [1.807, 2.05) is 34.0 Å². The highest BCUT2D eigenvalue weighted by Gasteiger charge is 2.17. The third-order valence-electron chi connectivity index (χ3n) is 12.0. The summed E-state index contributed by atoms with van der Waals surface area (Å²) >= 11 is 5.61. The molecule has 270 valence electrons. The van der Waals surface area contributed by atoms with Crippen LogP contribution in [0.5, 0.6) is 0 Å². The van der Waals surface area contributed by atoms with Gasteiger partial charge in [0.15, 0.2) is 0 Å². The molecule has 4 heteroatoms. The van der Waals surface area contributed by atoms with Crippen LogP contribution in [-0.2, 0) is 0 Å². The monoisotopic (exact) mass is 789 g/mol. The minimum absolute atomic E-state index is 1.16. The number of hydrogen-bond donors (Lipinski definition) is 0. The van der Waals surface area contributed by atoms with Crippen molar-refractivity contribution in [1.82, 2.24) is 4.57 Å². The van der Waals surface area contributed by atoms with Gasteiger partial charge in [-0.15, -0.1) is 34.0 Å². The van der Waals surface area contributed by atoms with Gasteiger partial charge in [0, 0.05) is 77.0 Å². The van der Waals surface area contributed by atoms with E-state index in [9.17, 15) is 0 Å². The molecule has 0 saturated carbocycles. The number of thiophene rings is 3. The Labute approximate surface area is 345 Å². The van der Waals surface area contributed by atoms with Gasteiger partial charge in [-0.25, -0.2) is 0 Å². The van der Waals surface area contributed by atoms with Crippen LogP contribution in [0.2, 0.25) is 0 Å². The van der Waals surface area contributed by atoms with E-state index in [1.54, 1.807) is 0 Å². The Morgan fingerprint density at radius 1 is 0.241 bits per heavy atom. The second-order valence-corrected chi connectivity index (χ2v) is 18.5. The Bertz CT molecular complexity index is 3630. The molecule has 4 heterocycles. The maximum atomic E-state index is 2.45. The zero-order valence-electron chi connectivity index (χ0n) is 31.1. The molecule has 13 rings (SSSR count). The average molecular weight is 790 g/mol. The van der Waals surface area contributed by atoms with Gasteiger partial charge in [0.25, 0.3) is 0 Å². The molecule has 58 heavy (non-hydrogen) atoms. The first-order valence-electron chi connectivity index (χ1n) is 19.6. The van der Waals surface area contributed by atoms with E-state index in [0.717, 1.165) is 5.69 Å². The first-order valence-corrected chi connectivity index (χ1v) is 22.1. The molecule has 0 atom stereocenters. The van der Waals surface area contributed by atoms with Gasteiger partial charge in [0.05, 0.1) is 11.0 Å². The van der Waals surface area contributed by atoms with Crippen molar-refractivity contribution in [3.63, 3.8) is 0 Å². The zero-order chi connectivity index (χ0) is 37.9. The summed E-state index contributed by atoms with van der Waals surface area (Å²) in [6.45, 7) is 0. The smallest absolute Gasteiger partial charge is 0.0541 e. The van der Waals surface area contributed by atoms with Crippen molar-refractivity contribution in [2.75, 3.05) is 0 Å². The molecule has 0 aliphatic carbocycles. The molecule has 0 fully saturated rings. The number of nitrogens with zero attached hydrogens (tertiary/aromatic N) is 1. The molecular formula is C54H31NS3. The normalized spacial score (nSPS) is 12.1. The Morgan fingerprint density at radius 3 is 0.966 bits per heavy atom. The quantitative estimate of drug-likeness (QED) is 0.167. The molecule has 0 spiro atoms. The van der Waals surface area contributed by atoms with E-state index >= 15 is 0 Å². The molecule has 4 aromatic heterocycles. The highest BCUT2D eigenvalue weighted by atomic mass is 32.1. The molecule has 9 aromatic carbocycles. The van der Waals surface area contributed by atoms with E-state index in [0.29, 0.717) is 0 Å². The summed E-state index contributed by atoms with van der Waals surface area (Å²) in [7, 11) is 0. The standard InChI is InChI=1S/C54H31NS3/c1-4-10-49-39(7-1)44-29-33(17-24-52(44)56-49)32-13-20-38(21-14-32)55-47-22-15-34(36-18-25-53-45(30-36)40-8-2-5-11-50(40)57-53)27-42(47)43-28-35(16-23-48(43)55)37-19-26-54-46(31-37)41-9-3-6-12-51(41)58-54/h1-31H. The van der Waals surface area contributed by atoms with Crippen molar-refractivity contribution in [2.24, 2.45) is 0 Å². The van der Waals surface area contributed by atoms with Crippen molar-refractivity contribution in [3.8, 4) is 39.1 Å². The van der Waals surface area contributed by atoms with Gasteiger partial charge >= 0.3 is 0 Å². The second kappa shape index (κ2) is 12.5. The van der Waals surface area contributed by atoms with Crippen LogP contribution in [0.25, 0.3) is 121 Å². The minimum Gasteiger partial charge on any atom is -0.309 e. The first kappa shape index (κ1) is 32.5. The molecule has 0 aliphatic heterocycles. The van der Waals surface area contributed by atoms with Crippen molar-refractivity contribution < 1.29 is 0 Å². The summed E-state index contributed by atoms with van der Waals surface area (Å²) in [5.74, 6) is 0. The topological polar surface area (TPSA) is 4.93 Å². The van der Waals surface area contributed by atoms with Gasteiger partial charge in [-0.2, -0.15) is 0 Å². The minimum atomic E-state index is 1.16. The lowest BCUT2D eigenvalue weighted by molar-refractivity contribution is 1.18. The third-order valence-corrected chi connectivity index (χ3v) is 15.5. The molecule has 0 amide bonds. The lowest BCUT2D eigenvalue weighted by Gasteiger charge is -2.11. The fourth-order valence-electron chi connectivity index (χ4n) is 9.18. The van der Waals surface area contributed by atoms with Crippen LogP contribution in [0, 0.1) is 0 Å². The Kier molecular flexibility index (Phi) is 6.99. The summed E-state index contributed by atoms with van der Waals surface area (Å²) in [6, 6.07) is 70.3. The van der Waals surface area contributed by atoms with Gasteiger partial charge in [0.1, 0.15) is 0 Å². The summed E-state index contributed by atoms with van der Waals surface area (Å²) in [6.07, 6.45) is 0. The van der Waals surface area contributed by atoms with Crippen LogP contribution in [0.3, 0.4) is 0 Å². The van der Waals surface area contributed by atoms with Gasteiger partial charge in [-0.05, 0) is 124 Å². The van der Waals surface area contributed by atoms with E-state index < -0.39 is 0 Å². The fraction of sp³-hybridized carbons (Fsp3) is 0. The number of fused-ring (bicyclic) bond motifs is 12. The lowest BCUT2D eigenvalue weighted by Crippen LogP contribution is -1.94. The van der Waals surface area contributed by atoms with Gasteiger partial charge < -0.3 is 4.57 Å². The molecule has 0 N–H and O–H groups in total. The van der Waals surface area contributed by atoms with E-state index in [1.165, 1.54) is 116 Å². The molecule has 0 aliphatic rings. The van der Waals surface area contributed by atoms with Crippen LogP contribution in [-0.4, -0.2) is 4.57 Å². The maximum absolute atomic E-state index is 2.45. The van der Waals surface area contributed by atoms with Crippen LogP contribution in [0.1, 0.15) is 0 Å². The molecule has 1 nitrogen and oxygen atoms in total. The van der Waals surface area contributed by atoms with E-state index in [-0.39, 0.29) is 0 Å². The maximum Gasteiger partial charge on any atom is 0.0541 e. The number of hydrogen-bond acceptors (Lipinski definition) is 3. The van der Waals surface area contributed by atoms with Crippen molar-refractivity contribution in [2.45, 2.75) is 0 Å². The molecule has 0 radical (unpaired) electrons. The van der Waals surface area contributed by atoms with E-state index in [2.05, 4.69) is 193 Å². The number of benzene rings is 9. The summed E-state index contributed by atoms with van der Waals surface area (Å²) in [4.78, 5) is 0. The summed E-state index contributed by atoms with van der Waals surface area (Å²) in [5, 5.41) is 10.5. The largest absolute Gasteiger partial charge is 0.309 e. The van der Waals surface area contributed by atoms with Gasteiger partial charge in [-0.3, -0.25) is 0 Å². The average Bonchev–Trinajstić information content (AvgIpc) is 4.04. The molecular weight excluding hydrogens is 759 g/mol. The lowest BCUT2D eigenvalue weighted by atomic mass is 9.98. The zero-order valence-corrected chi connectivity index (χ0v) is 33.5. The van der Waals surface area contributed by atoms with Crippen molar-refractivity contribution in [1.29, 1.82) is 0 Å². The number of rotatable bonds is 4. The Morgan fingerprint density at radius 2 is 0.552 bits per heavy atom. The fourth-order valence-corrected chi connectivity index (χ4v) is 12.4.